The van der Waals surface area contributed by atoms with Crippen LogP contribution in [0.25, 0.3) is 21.7 Å². The summed E-state index contributed by atoms with van der Waals surface area (Å²) >= 11 is 1.44. The minimum absolute atomic E-state index is 0.209. The van der Waals surface area contributed by atoms with Crippen LogP contribution in [-0.4, -0.2) is 24.7 Å². The monoisotopic (exact) mass is 420 g/mol. The maximum absolute atomic E-state index is 12.5. The molecule has 0 atom stereocenters. The topological polar surface area (TPSA) is 66.0 Å². The van der Waals surface area contributed by atoms with Crippen molar-refractivity contribution in [2.45, 2.75) is 0 Å². The van der Waals surface area contributed by atoms with Gasteiger partial charge in [-0.05, 0) is 71.8 Å². The van der Waals surface area contributed by atoms with Gasteiger partial charge in [0.05, 0.1) is 31.1 Å². The minimum Gasteiger partial charge on any atom is -0.497 e. The Morgan fingerprint density at radius 1 is 0.933 bits per heavy atom. The molecule has 0 unspecified atom stereocenters. The molecular weight excluding hydrogens is 400 g/mol. The maximum atomic E-state index is 12.5. The number of aromatic nitrogens is 1. The van der Waals surface area contributed by atoms with Crippen molar-refractivity contribution < 1.29 is 18.7 Å². The van der Waals surface area contributed by atoms with Crippen molar-refractivity contribution in [2.24, 2.45) is 12.0 Å². The number of carbonyl (C=O) groups excluding carboxylic acids is 1. The lowest BCUT2D eigenvalue weighted by atomic mass is 10.1. The first-order valence-electron chi connectivity index (χ1n) is 9.22. The molecule has 4 aromatic rings. The van der Waals surface area contributed by atoms with Crippen LogP contribution in [-0.2, 0) is 7.05 Å². The molecule has 0 saturated heterocycles. The predicted octanol–water partition coefficient (Wildman–Crippen LogP) is 4.77. The van der Waals surface area contributed by atoms with Crippen molar-refractivity contribution in [3.05, 3.63) is 77.5 Å². The molecule has 30 heavy (non-hydrogen) atoms. The van der Waals surface area contributed by atoms with Crippen LogP contribution in [0.15, 0.2) is 76.3 Å². The summed E-state index contributed by atoms with van der Waals surface area (Å²) in [7, 11) is 5.18. The van der Waals surface area contributed by atoms with Gasteiger partial charge in [-0.15, -0.1) is 0 Å². The van der Waals surface area contributed by atoms with Gasteiger partial charge in [0.15, 0.2) is 10.6 Å². The zero-order chi connectivity index (χ0) is 21.1. The van der Waals surface area contributed by atoms with Crippen molar-refractivity contribution in [3.63, 3.8) is 0 Å². The van der Waals surface area contributed by atoms with Gasteiger partial charge in [-0.1, -0.05) is 11.3 Å². The largest absolute Gasteiger partial charge is 0.497 e. The van der Waals surface area contributed by atoms with Gasteiger partial charge >= 0.3 is 5.91 Å². The Morgan fingerprint density at radius 2 is 1.53 bits per heavy atom. The molecule has 1 amide bonds. The Kier molecular flexibility index (Phi) is 5.54. The van der Waals surface area contributed by atoms with E-state index < -0.39 is 5.91 Å². The van der Waals surface area contributed by atoms with E-state index in [1.807, 2.05) is 60.1 Å². The summed E-state index contributed by atoms with van der Waals surface area (Å²) < 4.78 is 17.7. The highest BCUT2D eigenvalue weighted by molar-refractivity contribution is 7.13. The van der Waals surface area contributed by atoms with Crippen LogP contribution in [0.2, 0.25) is 0 Å². The molecule has 2 aromatic heterocycles. The van der Waals surface area contributed by atoms with Crippen LogP contribution in [0.3, 0.4) is 0 Å². The zero-order valence-corrected chi connectivity index (χ0v) is 17.6. The third-order valence-electron chi connectivity index (χ3n) is 4.68. The fourth-order valence-corrected chi connectivity index (χ4v) is 4.25. The third kappa shape index (κ3) is 3.79. The fourth-order valence-electron chi connectivity index (χ4n) is 3.11. The number of hydrogen-bond acceptors (Lipinski definition) is 5. The van der Waals surface area contributed by atoms with E-state index in [1.165, 1.54) is 17.6 Å². The second kappa shape index (κ2) is 8.42. The summed E-state index contributed by atoms with van der Waals surface area (Å²) in [6, 6.07) is 18.9. The van der Waals surface area contributed by atoms with Gasteiger partial charge in [-0.2, -0.15) is 4.99 Å². The summed E-state index contributed by atoms with van der Waals surface area (Å²) in [5.41, 5.74) is 2.96. The molecule has 0 fully saturated rings. The quantitative estimate of drug-likeness (QED) is 0.466. The SMILES string of the molecule is COc1ccc(-c2sc(=NC(=O)c3ccco3)n(C)c2-c2ccc(OC)cc2)cc1. The highest BCUT2D eigenvalue weighted by Crippen LogP contribution is 2.35. The minimum atomic E-state index is -0.417. The van der Waals surface area contributed by atoms with Crippen LogP contribution in [0.5, 0.6) is 11.5 Å². The highest BCUT2D eigenvalue weighted by atomic mass is 32.1. The van der Waals surface area contributed by atoms with Crippen LogP contribution in [0.1, 0.15) is 10.6 Å². The molecule has 4 rings (SSSR count). The van der Waals surface area contributed by atoms with E-state index in [1.54, 1.807) is 26.4 Å². The second-order valence-electron chi connectivity index (χ2n) is 6.47. The van der Waals surface area contributed by atoms with E-state index in [0.29, 0.717) is 4.80 Å². The average Bonchev–Trinajstić information content (AvgIpc) is 3.43. The summed E-state index contributed by atoms with van der Waals surface area (Å²) in [5, 5.41) is 0. The molecule has 152 valence electrons. The van der Waals surface area contributed by atoms with Crippen LogP contribution in [0, 0.1) is 0 Å². The number of benzene rings is 2. The summed E-state index contributed by atoms with van der Waals surface area (Å²) in [4.78, 5) is 18.4. The van der Waals surface area contributed by atoms with Crippen LogP contribution >= 0.6 is 11.3 Å². The van der Waals surface area contributed by atoms with Gasteiger partial charge in [0.25, 0.3) is 0 Å². The van der Waals surface area contributed by atoms with Gasteiger partial charge in [0.2, 0.25) is 0 Å². The van der Waals surface area contributed by atoms with Crippen LogP contribution < -0.4 is 14.3 Å². The molecule has 6 nitrogen and oxygen atoms in total. The Hall–Kier alpha value is -3.58. The molecule has 0 aliphatic rings. The number of amides is 1. The molecule has 0 aliphatic carbocycles. The highest BCUT2D eigenvalue weighted by Gasteiger charge is 2.17. The molecule has 0 aliphatic heterocycles. The zero-order valence-electron chi connectivity index (χ0n) is 16.8. The lowest BCUT2D eigenvalue weighted by molar-refractivity contribution is 0.0971. The van der Waals surface area contributed by atoms with Gasteiger partial charge < -0.3 is 18.5 Å². The van der Waals surface area contributed by atoms with Crippen molar-refractivity contribution in [2.75, 3.05) is 14.2 Å². The predicted molar refractivity (Wildman–Crippen MR) is 116 cm³/mol. The molecule has 0 bridgehead atoms. The molecule has 7 heteroatoms. The number of nitrogens with zero attached hydrogens (tertiary/aromatic N) is 2. The van der Waals surface area contributed by atoms with Crippen molar-refractivity contribution in [3.8, 4) is 33.2 Å². The van der Waals surface area contributed by atoms with E-state index in [-0.39, 0.29) is 5.76 Å². The van der Waals surface area contributed by atoms with Crippen molar-refractivity contribution in [1.29, 1.82) is 0 Å². The van der Waals surface area contributed by atoms with E-state index in [9.17, 15) is 4.79 Å². The first-order chi connectivity index (χ1) is 14.6. The summed E-state index contributed by atoms with van der Waals surface area (Å²) in [6.45, 7) is 0. The number of furan rings is 1. The molecular formula is C23H20N2O4S. The van der Waals surface area contributed by atoms with Crippen molar-refractivity contribution in [1.82, 2.24) is 4.57 Å². The lowest BCUT2D eigenvalue weighted by Gasteiger charge is -2.09. The molecule has 2 aromatic carbocycles. The Labute approximate surface area is 177 Å². The molecule has 0 N–H and O–H groups in total. The standard InChI is InChI=1S/C23H20N2O4S/c1-25-20(15-6-10-17(27-2)11-7-15)21(16-8-12-18(28-3)13-9-16)30-23(25)24-22(26)19-5-4-14-29-19/h4-14H,1-3H3. The molecule has 2 heterocycles. The number of thiazole rings is 1. The lowest BCUT2D eigenvalue weighted by Crippen LogP contribution is -2.14. The number of carbonyl (C=O) groups is 1. The van der Waals surface area contributed by atoms with E-state index in [2.05, 4.69) is 4.99 Å². The third-order valence-corrected chi connectivity index (χ3v) is 5.86. The first kappa shape index (κ1) is 19.7. The van der Waals surface area contributed by atoms with Gasteiger partial charge in [-0.25, -0.2) is 0 Å². The van der Waals surface area contributed by atoms with Gasteiger partial charge in [0.1, 0.15) is 11.5 Å². The number of ether oxygens (including phenoxy) is 2. The van der Waals surface area contributed by atoms with Crippen LogP contribution in [0.4, 0.5) is 0 Å². The van der Waals surface area contributed by atoms with E-state index in [4.69, 9.17) is 13.9 Å². The van der Waals surface area contributed by atoms with Gasteiger partial charge in [-0.3, -0.25) is 4.79 Å². The molecule has 0 saturated carbocycles. The average molecular weight is 420 g/mol. The second-order valence-corrected chi connectivity index (χ2v) is 7.45. The number of rotatable bonds is 5. The van der Waals surface area contributed by atoms with E-state index in [0.717, 1.165) is 33.2 Å². The molecule has 0 radical (unpaired) electrons. The maximum Gasteiger partial charge on any atom is 0.315 e. The van der Waals surface area contributed by atoms with Gasteiger partial charge in [0, 0.05) is 7.05 Å². The summed E-state index contributed by atoms with van der Waals surface area (Å²) in [6.07, 6.45) is 1.46. The number of hydrogen-bond donors (Lipinski definition) is 0. The first-order valence-corrected chi connectivity index (χ1v) is 10.0. The van der Waals surface area contributed by atoms with Crippen molar-refractivity contribution >= 4 is 17.2 Å². The smallest absolute Gasteiger partial charge is 0.315 e. The fraction of sp³-hybridized carbons (Fsp3) is 0.130. The molecule has 0 spiro atoms. The Balaban J connectivity index is 1.89. The van der Waals surface area contributed by atoms with E-state index >= 15 is 0 Å². The Morgan fingerprint density at radius 3 is 2.07 bits per heavy atom. The summed E-state index contributed by atoms with van der Waals surface area (Å²) in [5.74, 6) is 1.35. The normalized spacial score (nSPS) is 11.5. The Bertz CT molecular complexity index is 1220. The number of methoxy groups -OCH3 is 2.